The van der Waals surface area contributed by atoms with Gasteiger partial charge in [0.1, 0.15) is 5.65 Å². The molecule has 0 saturated carbocycles. The van der Waals surface area contributed by atoms with Gasteiger partial charge in [0.05, 0.1) is 11.4 Å². The summed E-state index contributed by atoms with van der Waals surface area (Å²) in [5.74, 6) is 0. The van der Waals surface area contributed by atoms with Crippen LogP contribution >= 0.6 is 0 Å². The largest absolute Gasteiger partial charge is 0.398 e. The lowest BCUT2D eigenvalue weighted by molar-refractivity contribution is 0.396. The molecule has 21 heavy (non-hydrogen) atoms. The molecule has 0 saturated heterocycles. The average molecular weight is 280 g/mol. The van der Waals surface area contributed by atoms with Crippen LogP contribution in [0.25, 0.3) is 16.9 Å². The predicted molar refractivity (Wildman–Crippen MR) is 87.2 cm³/mol. The maximum Gasteiger partial charge on any atom is 0.137 e. The van der Waals surface area contributed by atoms with Gasteiger partial charge >= 0.3 is 0 Å². The van der Waals surface area contributed by atoms with Crippen molar-refractivity contribution in [3.63, 3.8) is 0 Å². The number of nitrogen functional groups attached to an aromatic ring is 1. The van der Waals surface area contributed by atoms with Crippen LogP contribution in [0.1, 0.15) is 11.3 Å². The number of hydrogen-bond donors (Lipinski definition) is 1. The van der Waals surface area contributed by atoms with Crippen LogP contribution in [-0.4, -0.2) is 28.4 Å². The van der Waals surface area contributed by atoms with Gasteiger partial charge in [-0.05, 0) is 33.2 Å². The maximum absolute atomic E-state index is 5.93. The number of fused-ring (bicyclic) bond motifs is 1. The first-order valence-electron chi connectivity index (χ1n) is 7.03. The first kappa shape index (κ1) is 13.6. The van der Waals surface area contributed by atoms with Gasteiger partial charge in [0.25, 0.3) is 0 Å². The molecular weight excluding hydrogens is 260 g/mol. The van der Waals surface area contributed by atoms with Gasteiger partial charge in [-0.25, -0.2) is 4.98 Å². The number of aromatic nitrogens is 2. The van der Waals surface area contributed by atoms with Crippen LogP contribution in [0.15, 0.2) is 42.6 Å². The number of imidazole rings is 1. The normalized spacial score (nSPS) is 11.4. The third-order valence-electron chi connectivity index (χ3n) is 3.53. The minimum absolute atomic E-state index is 0.746. The Labute approximate surface area is 124 Å². The Hall–Kier alpha value is -2.33. The number of hydrogen-bond acceptors (Lipinski definition) is 3. The summed E-state index contributed by atoms with van der Waals surface area (Å²) in [6.07, 6.45) is 1.94. The summed E-state index contributed by atoms with van der Waals surface area (Å²) in [6, 6.07) is 12.3. The number of anilines is 1. The minimum atomic E-state index is 0.746. The highest BCUT2D eigenvalue weighted by Crippen LogP contribution is 2.26. The van der Waals surface area contributed by atoms with Crippen molar-refractivity contribution in [3.05, 3.63) is 53.9 Å². The Kier molecular flexibility index (Phi) is 3.39. The Morgan fingerprint density at radius 3 is 2.48 bits per heavy atom. The molecule has 2 heterocycles. The van der Waals surface area contributed by atoms with Gasteiger partial charge in [-0.2, -0.15) is 0 Å². The molecule has 108 valence electrons. The second-order valence-electron chi connectivity index (χ2n) is 5.70. The van der Waals surface area contributed by atoms with Crippen molar-refractivity contribution in [1.82, 2.24) is 14.3 Å². The summed E-state index contributed by atoms with van der Waals surface area (Å²) >= 11 is 0. The number of nitrogens with two attached hydrogens (primary N) is 1. The van der Waals surface area contributed by atoms with Crippen LogP contribution in [-0.2, 0) is 6.54 Å². The predicted octanol–water partition coefficient (Wildman–Crippen LogP) is 2.95. The summed E-state index contributed by atoms with van der Waals surface area (Å²) in [7, 11) is 4.12. The molecule has 4 nitrogen and oxygen atoms in total. The molecule has 2 N–H and O–H groups in total. The van der Waals surface area contributed by atoms with E-state index in [1.165, 1.54) is 5.56 Å². The van der Waals surface area contributed by atoms with Crippen LogP contribution in [0.5, 0.6) is 0 Å². The standard InChI is InChI=1S/C17H20N4/c1-12-4-6-13(7-5-12)17-15(11-20(2)3)21-10-14(18)8-9-16(21)19-17/h4-10H,11,18H2,1-3H3. The Morgan fingerprint density at radius 2 is 1.81 bits per heavy atom. The van der Waals surface area contributed by atoms with Crippen LogP contribution in [0.2, 0.25) is 0 Å². The second-order valence-corrected chi connectivity index (χ2v) is 5.70. The summed E-state index contributed by atoms with van der Waals surface area (Å²) in [4.78, 5) is 6.93. The molecule has 0 spiro atoms. The molecule has 1 aromatic carbocycles. The van der Waals surface area contributed by atoms with Crippen molar-refractivity contribution in [3.8, 4) is 11.3 Å². The van der Waals surface area contributed by atoms with Crippen molar-refractivity contribution < 1.29 is 0 Å². The third-order valence-corrected chi connectivity index (χ3v) is 3.53. The molecule has 0 bridgehead atoms. The molecule has 0 radical (unpaired) electrons. The van der Waals surface area contributed by atoms with Crippen LogP contribution in [0.3, 0.4) is 0 Å². The lowest BCUT2D eigenvalue weighted by Gasteiger charge is -2.11. The topological polar surface area (TPSA) is 46.6 Å². The number of pyridine rings is 1. The molecule has 0 aliphatic heterocycles. The first-order chi connectivity index (χ1) is 10.0. The van der Waals surface area contributed by atoms with Gasteiger partial charge < -0.3 is 15.0 Å². The fourth-order valence-electron chi connectivity index (χ4n) is 2.50. The zero-order valence-corrected chi connectivity index (χ0v) is 12.7. The smallest absolute Gasteiger partial charge is 0.137 e. The van der Waals surface area contributed by atoms with E-state index in [-0.39, 0.29) is 0 Å². The molecule has 0 fully saturated rings. The van der Waals surface area contributed by atoms with Crippen molar-refractivity contribution >= 4 is 11.3 Å². The van der Waals surface area contributed by atoms with Crippen molar-refractivity contribution in [2.75, 3.05) is 19.8 Å². The van der Waals surface area contributed by atoms with Crippen LogP contribution in [0.4, 0.5) is 5.69 Å². The third kappa shape index (κ3) is 2.62. The van der Waals surface area contributed by atoms with E-state index in [1.807, 2.05) is 18.3 Å². The van der Waals surface area contributed by atoms with Crippen LogP contribution in [0, 0.1) is 6.92 Å². The van der Waals surface area contributed by atoms with Gasteiger partial charge in [-0.15, -0.1) is 0 Å². The van der Waals surface area contributed by atoms with E-state index in [9.17, 15) is 0 Å². The van der Waals surface area contributed by atoms with E-state index in [4.69, 9.17) is 10.7 Å². The zero-order valence-electron chi connectivity index (χ0n) is 12.7. The van der Waals surface area contributed by atoms with E-state index < -0.39 is 0 Å². The molecular formula is C17H20N4. The van der Waals surface area contributed by atoms with Crippen LogP contribution < -0.4 is 5.73 Å². The van der Waals surface area contributed by atoms with E-state index in [0.29, 0.717) is 0 Å². The van der Waals surface area contributed by atoms with Crippen molar-refractivity contribution in [1.29, 1.82) is 0 Å². The average Bonchev–Trinajstić information content (AvgIpc) is 2.77. The summed E-state index contributed by atoms with van der Waals surface area (Å²) in [6.45, 7) is 2.91. The van der Waals surface area contributed by atoms with Crippen molar-refractivity contribution in [2.45, 2.75) is 13.5 Å². The molecule has 3 rings (SSSR count). The molecule has 0 atom stereocenters. The highest BCUT2D eigenvalue weighted by Gasteiger charge is 2.14. The van der Waals surface area contributed by atoms with E-state index in [1.54, 1.807) is 0 Å². The zero-order chi connectivity index (χ0) is 15.0. The lowest BCUT2D eigenvalue weighted by Crippen LogP contribution is -2.13. The lowest BCUT2D eigenvalue weighted by atomic mass is 10.1. The van der Waals surface area contributed by atoms with E-state index in [2.05, 4.69) is 54.6 Å². The number of aryl methyl sites for hydroxylation is 1. The van der Waals surface area contributed by atoms with Gasteiger partial charge in [-0.1, -0.05) is 29.8 Å². The summed E-state index contributed by atoms with van der Waals surface area (Å²) in [5, 5.41) is 0. The SMILES string of the molecule is Cc1ccc(-c2nc3ccc(N)cn3c2CN(C)C)cc1. The molecule has 3 aromatic rings. The highest BCUT2D eigenvalue weighted by molar-refractivity contribution is 5.67. The Bertz CT molecular complexity index is 769. The molecule has 0 unspecified atom stereocenters. The maximum atomic E-state index is 5.93. The molecule has 2 aromatic heterocycles. The fraction of sp³-hybridized carbons (Fsp3) is 0.235. The van der Waals surface area contributed by atoms with E-state index >= 15 is 0 Å². The number of nitrogens with zero attached hydrogens (tertiary/aromatic N) is 3. The molecule has 0 aliphatic carbocycles. The summed E-state index contributed by atoms with van der Waals surface area (Å²) in [5.41, 5.74) is 12.2. The van der Waals surface area contributed by atoms with Gasteiger partial charge in [0.2, 0.25) is 0 Å². The fourth-order valence-corrected chi connectivity index (χ4v) is 2.50. The van der Waals surface area contributed by atoms with Crippen molar-refractivity contribution in [2.24, 2.45) is 0 Å². The number of benzene rings is 1. The second kappa shape index (κ2) is 5.22. The molecule has 4 heteroatoms. The molecule has 0 aliphatic rings. The summed E-state index contributed by atoms with van der Waals surface area (Å²) < 4.78 is 2.09. The minimum Gasteiger partial charge on any atom is -0.398 e. The van der Waals surface area contributed by atoms with E-state index in [0.717, 1.165) is 34.8 Å². The molecule has 0 amide bonds. The Balaban J connectivity index is 2.22. The Morgan fingerprint density at radius 1 is 1.10 bits per heavy atom. The quantitative estimate of drug-likeness (QED) is 0.802. The highest BCUT2D eigenvalue weighted by atomic mass is 15.1. The van der Waals surface area contributed by atoms with Gasteiger partial charge in [0.15, 0.2) is 0 Å². The monoisotopic (exact) mass is 280 g/mol. The van der Waals surface area contributed by atoms with Gasteiger partial charge in [-0.3, -0.25) is 0 Å². The number of rotatable bonds is 3. The van der Waals surface area contributed by atoms with Gasteiger partial charge in [0, 0.05) is 24.0 Å². The first-order valence-corrected chi connectivity index (χ1v) is 7.03.